The first-order chi connectivity index (χ1) is 10.6. The Morgan fingerprint density at radius 1 is 1.41 bits per heavy atom. The van der Waals surface area contributed by atoms with Crippen LogP contribution < -0.4 is 5.56 Å². The summed E-state index contributed by atoms with van der Waals surface area (Å²) in [6, 6.07) is 7.29. The number of carbonyl (C=O) groups excluding carboxylic acids is 1. The molecule has 1 saturated heterocycles. The summed E-state index contributed by atoms with van der Waals surface area (Å²) >= 11 is 0. The van der Waals surface area contributed by atoms with E-state index in [-0.39, 0.29) is 17.4 Å². The number of carbonyl (C=O) groups is 1. The number of halogens is 1. The van der Waals surface area contributed by atoms with Crippen molar-refractivity contribution < 1.29 is 9.18 Å². The first-order valence-corrected chi connectivity index (χ1v) is 7.10. The molecule has 1 atom stereocenters. The lowest BCUT2D eigenvalue weighted by Crippen LogP contribution is -2.40. The van der Waals surface area contributed by atoms with Gasteiger partial charge in [0.05, 0.1) is 17.6 Å². The van der Waals surface area contributed by atoms with Gasteiger partial charge in [-0.3, -0.25) is 9.59 Å². The summed E-state index contributed by atoms with van der Waals surface area (Å²) in [5, 5.41) is 9.40. The fourth-order valence-corrected chi connectivity index (χ4v) is 2.84. The number of benzene rings is 1. The monoisotopic (exact) mass is 299 g/mol. The van der Waals surface area contributed by atoms with Gasteiger partial charge in [-0.15, -0.1) is 0 Å². The number of amides is 1. The molecule has 1 aromatic heterocycles. The van der Waals surface area contributed by atoms with E-state index in [4.69, 9.17) is 5.26 Å². The van der Waals surface area contributed by atoms with Gasteiger partial charge in [0.2, 0.25) is 5.56 Å². The van der Waals surface area contributed by atoms with Crippen molar-refractivity contribution >= 4 is 16.8 Å². The Morgan fingerprint density at radius 2 is 2.23 bits per heavy atom. The van der Waals surface area contributed by atoms with Crippen LogP contribution in [0, 0.1) is 23.1 Å². The highest BCUT2D eigenvalue weighted by Gasteiger charge is 2.25. The number of aromatic amines is 1. The molecule has 0 spiro atoms. The van der Waals surface area contributed by atoms with E-state index in [1.165, 1.54) is 24.3 Å². The third-order valence-electron chi connectivity index (χ3n) is 3.93. The predicted octanol–water partition coefficient (Wildman–Crippen LogP) is 2.04. The molecular formula is C16H14FN3O2. The van der Waals surface area contributed by atoms with Crippen molar-refractivity contribution in [3.63, 3.8) is 0 Å². The number of likely N-dealkylation sites (tertiary alicyclic amines) is 1. The quantitative estimate of drug-likeness (QED) is 0.875. The number of hydrogen-bond donors (Lipinski definition) is 1. The Bertz CT molecular complexity index is 837. The van der Waals surface area contributed by atoms with E-state index in [1.807, 2.05) is 0 Å². The lowest BCUT2D eigenvalue weighted by atomic mass is 9.98. The second-order valence-corrected chi connectivity index (χ2v) is 5.46. The number of piperidine rings is 1. The summed E-state index contributed by atoms with van der Waals surface area (Å²) in [5.74, 6) is -0.994. The van der Waals surface area contributed by atoms with Crippen molar-refractivity contribution in [2.45, 2.75) is 12.8 Å². The third-order valence-corrected chi connectivity index (χ3v) is 3.93. The highest BCUT2D eigenvalue weighted by Crippen LogP contribution is 2.22. The Kier molecular flexibility index (Phi) is 3.63. The van der Waals surface area contributed by atoms with Crippen molar-refractivity contribution in [3.8, 4) is 6.07 Å². The number of rotatable bonds is 1. The zero-order chi connectivity index (χ0) is 15.7. The zero-order valence-corrected chi connectivity index (χ0v) is 11.8. The number of hydrogen-bond acceptors (Lipinski definition) is 3. The lowest BCUT2D eigenvalue weighted by Gasteiger charge is -2.29. The second-order valence-electron chi connectivity index (χ2n) is 5.46. The van der Waals surface area contributed by atoms with Gasteiger partial charge >= 0.3 is 0 Å². The molecule has 3 rings (SSSR count). The number of nitrogens with one attached hydrogen (secondary N) is 1. The van der Waals surface area contributed by atoms with Crippen molar-refractivity contribution in [1.82, 2.24) is 9.88 Å². The smallest absolute Gasteiger partial charge is 0.254 e. The Balaban J connectivity index is 2.05. The molecule has 2 aromatic rings. The minimum absolute atomic E-state index is 0.178. The van der Waals surface area contributed by atoms with Crippen molar-refractivity contribution in [3.05, 3.63) is 46.0 Å². The van der Waals surface area contributed by atoms with Crippen LogP contribution in [0.25, 0.3) is 10.9 Å². The molecule has 1 aliphatic heterocycles. The predicted molar refractivity (Wildman–Crippen MR) is 78.8 cm³/mol. The molecule has 0 bridgehead atoms. The van der Waals surface area contributed by atoms with Crippen molar-refractivity contribution in [2.75, 3.05) is 13.1 Å². The summed E-state index contributed by atoms with van der Waals surface area (Å²) in [6.45, 7) is 0.888. The maximum absolute atomic E-state index is 13.5. The summed E-state index contributed by atoms with van der Waals surface area (Å²) in [4.78, 5) is 28.6. The van der Waals surface area contributed by atoms with Crippen LogP contribution in [0.5, 0.6) is 0 Å². The van der Waals surface area contributed by atoms with Crippen LogP contribution in [-0.4, -0.2) is 28.9 Å². The van der Waals surface area contributed by atoms with E-state index in [1.54, 1.807) is 4.90 Å². The molecule has 0 aliphatic carbocycles. The van der Waals surface area contributed by atoms with E-state index >= 15 is 0 Å². The van der Waals surface area contributed by atoms with Crippen LogP contribution in [0.4, 0.5) is 4.39 Å². The number of pyridine rings is 1. The molecular weight excluding hydrogens is 285 g/mol. The van der Waals surface area contributed by atoms with Crippen LogP contribution in [0.1, 0.15) is 23.2 Å². The van der Waals surface area contributed by atoms with Gasteiger partial charge in [-0.1, -0.05) is 0 Å². The van der Waals surface area contributed by atoms with Gasteiger partial charge in [0, 0.05) is 30.1 Å². The zero-order valence-electron chi connectivity index (χ0n) is 11.8. The van der Waals surface area contributed by atoms with Gasteiger partial charge in [-0.05, 0) is 31.0 Å². The third kappa shape index (κ3) is 2.58. The topological polar surface area (TPSA) is 77.0 Å². The molecule has 5 nitrogen and oxygen atoms in total. The molecule has 6 heteroatoms. The molecule has 1 amide bonds. The van der Waals surface area contributed by atoms with Crippen LogP contribution in [-0.2, 0) is 0 Å². The number of fused-ring (bicyclic) bond motifs is 1. The summed E-state index contributed by atoms with van der Waals surface area (Å²) in [6.07, 6.45) is 1.52. The first kappa shape index (κ1) is 14.3. The SMILES string of the molecule is N#C[C@@H]1CCCN(C(=O)c2cc(=O)[nH]c3ccc(F)cc23)C1. The van der Waals surface area contributed by atoms with Crippen LogP contribution in [0.3, 0.4) is 0 Å². The largest absolute Gasteiger partial charge is 0.337 e. The molecule has 0 saturated carbocycles. The molecule has 0 radical (unpaired) electrons. The molecule has 1 aliphatic rings. The molecule has 1 fully saturated rings. The van der Waals surface area contributed by atoms with Crippen LogP contribution in [0.15, 0.2) is 29.1 Å². The maximum atomic E-state index is 13.5. The van der Waals surface area contributed by atoms with Gasteiger partial charge < -0.3 is 9.88 Å². The van der Waals surface area contributed by atoms with E-state index in [0.717, 1.165) is 12.8 Å². The second kappa shape index (κ2) is 5.60. The number of nitriles is 1. The number of aromatic nitrogens is 1. The molecule has 112 valence electrons. The molecule has 2 heterocycles. The summed E-state index contributed by atoms with van der Waals surface area (Å²) in [5.41, 5.74) is 0.194. The molecule has 0 unspecified atom stereocenters. The van der Waals surface area contributed by atoms with Crippen LogP contribution >= 0.6 is 0 Å². The van der Waals surface area contributed by atoms with E-state index < -0.39 is 11.4 Å². The normalized spacial score (nSPS) is 18.2. The average Bonchev–Trinajstić information content (AvgIpc) is 2.54. The fourth-order valence-electron chi connectivity index (χ4n) is 2.84. The summed E-state index contributed by atoms with van der Waals surface area (Å²) in [7, 11) is 0. The highest BCUT2D eigenvalue weighted by molar-refractivity contribution is 6.06. The Morgan fingerprint density at radius 3 is 3.00 bits per heavy atom. The molecule has 1 N–H and O–H groups in total. The summed E-state index contributed by atoms with van der Waals surface area (Å²) < 4.78 is 13.5. The first-order valence-electron chi connectivity index (χ1n) is 7.10. The van der Waals surface area contributed by atoms with Gasteiger partial charge in [0.25, 0.3) is 5.91 Å². The van der Waals surface area contributed by atoms with Gasteiger partial charge in [0.15, 0.2) is 0 Å². The van der Waals surface area contributed by atoms with E-state index in [9.17, 15) is 14.0 Å². The average molecular weight is 299 g/mol. The van der Waals surface area contributed by atoms with E-state index in [0.29, 0.717) is 24.0 Å². The lowest BCUT2D eigenvalue weighted by molar-refractivity contribution is 0.0700. The van der Waals surface area contributed by atoms with Crippen molar-refractivity contribution in [2.24, 2.45) is 5.92 Å². The molecule has 22 heavy (non-hydrogen) atoms. The maximum Gasteiger partial charge on any atom is 0.254 e. The Labute approximate surface area is 126 Å². The van der Waals surface area contributed by atoms with E-state index in [2.05, 4.69) is 11.1 Å². The number of nitrogens with zero attached hydrogens (tertiary/aromatic N) is 2. The number of H-pyrrole nitrogens is 1. The van der Waals surface area contributed by atoms with Gasteiger partial charge in [0.1, 0.15) is 5.82 Å². The van der Waals surface area contributed by atoms with Crippen molar-refractivity contribution in [1.29, 1.82) is 5.26 Å². The standard InChI is InChI=1S/C16H14FN3O2/c17-11-3-4-14-12(6-11)13(7-15(21)19-14)16(22)20-5-1-2-10(8-18)9-20/h3-4,6-7,10H,1-2,5,9H2,(H,19,21)/t10-/m0/s1. The fraction of sp³-hybridized carbons (Fsp3) is 0.312. The van der Waals surface area contributed by atoms with Gasteiger partial charge in [-0.2, -0.15) is 5.26 Å². The Hall–Kier alpha value is -2.68. The minimum Gasteiger partial charge on any atom is -0.337 e. The van der Waals surface area contributed by atoms with Gasteiger partial charge in [-0.25, -0.2) is 4.39 Å². The van der Waals surface area contributed by atoms with Crippen LogP contribution in [0.2, 0.25) is 0 Å². The minimum atomic E-state index is -0.470. The molecule has 1 aromatic carbocycles. The highest BCUT2D eigenvalue weighted by atomic mass is 19.1.